The molecule has 21 heavy (non-hydrogen) atoms. The fraction of sp³-hybridized carbons (Fsp3) is 0.294. The van der Waals surface area contributed by atoms with Crippen molar-refractivity contribution < 1.29 is 13.9 Å². The van der Waals surface area contributed by atoms with Crippen LogP contribution < -0.4 is 14.8 Å². The minimum atomic E-state index is -0.365. The highest BCUT2D eigenvalue weighted by molar-refractivity contribution is 5.45. The molecule has 1 fully saturated rings. The minimum Gasteiger partial charge on any atom is -0.493 e. The third-order valence-corrected chi connectivity index (χ3v) is 3.49. The van der Waals surface area contributed by atoms with Crippen molar-refractivity contribution in [1.82, 2.24) is 5.32 Å². The van der Waals surface area contributed by atoms with Crippen molar-refractivity contribution in [2.24, 2.45) is 0 Å². The number of para-hydroxylation sites is 3. The maximum atomic E-state index is 14.1. The van der Waals surface area contributed by atoms with Gasteiger partial charge in [-0.25, -0.2) is 4.39 Å². The Morgan fingerprint density at radius 2 is 1.86 bits per heavy atom. The Morgan fingerprint density at radius 3 is 2.57 bits per heavy atom. The van der Waals surface area contributed by atoms with Gasteiger partial charge in [0.1, 0.15) is 0 Å². The molecule has 0 radical (unpaired) electrons. The molecule has 0 amide bonds. The van der Waals surface area contributed by atoms with Crippen molar-refractivity contribution in [3.63, 3.8) is 0 Å². The number of nitrogens with one attached hydrogen (secondary N) is 1. The first-order chi connectivity index (χ1) is 10.3. The number of ether oxygens (including phenoxy) is 2. The average molecular weight is 287 g/mol. The van der Waals surface area contributed by atoms with E-state index in [1.807, 2.05) is 18.2 Å². The lowest BCUT2D eigenvalue weighted by Gasteiger charge is -2.14. The van der Waals surface area contributed by atoms with Gasteiger partial charge < -0.3 is 14.8 Å². The van der Waals surface area contributed by atoms with E-state index in [1.165, 1.54) is 18.9 Å². The van der Waals surface area contributed by atoms with Crippen LogP contribution in [0.1, 0.15) is 18.4 Å². The fourth-order valence-electron chi connectivity index (χ4n) is 2.16. The van der Waals surface area contributed by atoms with Crippen LogP contribution in [-0.4, -0.2) is 13.2 Å². The third-order valence-electron chi connectivity index (χ3n) is 3.49. The van der Waals surface area contributed by atoms with Crippen LogP contribution in [0.2, 0.25) is 0 Å². The van der Waals surface area contributed by atoms with Gasteiger partial charge in [-0.2, -0.15) is 0 Å². The predicted octanol–water partition coefficient (Wildman–Crippen LogP) is 3.88. The number of hydrogen-bond acceptors (Lipinski definition) is 3. The molecule has 0 saturated heterocycles. The molecule has 0 spiro atoms. The second kappa shape index (κ2) is 6.14. The van der Waals surface area contributed by atoms with Crippen LogP contribution in [0.3, 0.4) is 0 Å². The van der Waals surface area contributed by atoms with Gasteiger partial charge in [0.15, 0.2) is 23.1 Å². The number of halogens is 1. The summed E-state index contributed by atoms with van der Waals surface area (Å²) in [6.45, 7) is 0.604. The van der Waals surface area contributed by atoms with E-state index in [4.69, 9.17) is 9.47 Å². The van der Waals surface area contributed by atoms with E-state index in [-0.39, 0.29) is 11.6 Å². The molecule has 0 aliphatic heterocycles. The lowest BCUT2D eigenvalue weighted by molar-refractivity contribution is 0.368. The van der Waals surface area contributed by atoms with E-state index in [0.29, 0.717) is 24.1 Å². The molecule has 3 rings (SSSR count). The van der Waals surface area contributed by atoms with Crippen LogP contribution in [0.4, 0.5) is 4.39 Å². The van der Waals surface area contributed by atoms with E-state index in [2.05, 4.69) is 5.32 Å². The predicted molar refractivity (Wildman–Crippen MR) is 79.3 cm³/mol. The molecule has 0 unspecified atom stereocenters. The van der Waals surface area contributed by atoms with Gasteiger partial charge in [-0.15, -0.1) is 0 Å². The molecular weight excluding hydrogens is 269 g/mol. The number of rotatable bonds is 6. The zero-order valence-corrected chi connectivity index (χ0v) is 11.9. The monoisotopic (exact) mass is 287 g/mol. The number of hydrogen-bond donors (Lipinski definition) is 1. The largest absolute Gasteiger partial charge is 0.493 e. The molecule has 1 aliphatic carbocycles. The topological polar surface area (TPSA) is 30.5 Å². The van der Waals surface area contributed by atoms with Crippen molar-refractivity contribution in [3.8, 4) is 17.2 Å². The molecule has 110 valence electrons. The summed E-state index contributed by atoms with van der Waals surface area (Å²) in [5, 5.41) is 3.38. The van der Waals surface area contributed by atoms with Crippen molar-refractivity contribution >= 4 is 0 Å². The van der Waals surface area contributed by atoms with Gasteiger partial charge in [0.05, 0.1) is 7.11 Å². The Bertz CT molecular complexity index is 626. The summed E-state index contributed by atoms with van der Waals surface area (Å²) >= 11 is 0. The van der Waals surface area contributed by atoms with Crippen LogP contribution in [0.15, 0.2) is 42.5 Å². The second-order valence-corrected chi connectivity index (χ2v) is 5.14. The highest BCUT2D eigenvalue weighted by Gasteiger charge is 2.21. The van der Waals surface area contributed by atoms with E-state index in [1.54, 1.807) is 25.3 Å². The number of methoxy groups -OCH3 is 1. The third kappa shape index (κ3) is 3.34. The first-order valence-corrected chi connectivity index (χ1v) is 7.09. The Labute approximate surface area is 123 Å². The van der Waals surface area contributed by atoms with Crippen LogP contribution in [0, 0.1) is 5.82 Å². The summed E-state index contributed by atoms with van der Waals surface area (Å²) in [6, 6.07) is 12.8. The SMILES string of the molecule is COc1ccccc1Oc1c(F)cccc1CNC1CC1. The van der Waals surface area contributed by atoms with Gasteiger partial charge in [0, 0.05) is 18.2 Å². The zero-order valence-electron chi connectivity index (χ0n) is 11.9. The number of benzene rings is 2. The highest BCUT2D eigenvalue weighted by Crippen LogP contribution is 2.34. The van der Waals surface area contributed by atoms with E-state index < -0.39 is 0 Å². The summed E-state index contributed by atoms with van der Waals surface area (Å²) in [7, 11) is 1.57. The van der Waals surface area contributed by atoms with E-state index in [9.17, 15) is 4.39 Å². The maximum absolute atomic E-state index is 14.1. The summed E-state index contributed by atoms with van der Waals surface area (Å²) in [5.41, 5.74) is 0.813. The minimum absolute atomic E-state index is 0.259. The molecule has 0 heterocycles. The normalized spacial score (nSPS) is 14.0. The van der Waals surface area contributed by atoms with Crippen LogP contribution in [0.5, 0.6) is 17.2 Å². The summed E-state index contributed by atoms with van der Waals surface area (Å²) in [4.78, 5) is 0. The van der Waals surface area contributed by atoms with Crippen LogP contribution >= 0.6 is 0 Å². The van der Waals surface area contributed by atoms with Gasteiger partial charge in [-0.3, -0.25) is 0 Å². The zero-order chi connectivity index (χ0) is 14.7. The van der Waals surface area contributed by atoms with Gasteiger partial charge in [-0.05, 0) is 31.0 Å². The molecule has 2 aromatic rings. The Hall–Kier alpha value is -2.07. The molecule has 3 nitrogen and oxygen atoms in total. The molecule has 1 aliphatic rings. The first-order valence-electron chi connectivity index (χ1n) is 7.09. The van der Waals surface area contributed by atoms with Crippen molar-refractivity contribution in [3.05, 3.63) is 53.8 Å². The van der Waals surface area contributed by atoms with E-state index >= 15 is 0 Å². The fourth-order valence-corrected chi connectivity index (χ4v) is 2.16. The molecule has 0 atom stereocenters. The Kier molecular flexibility index (Phi) is 4.06. The van der Waals surface area contributed by atoms with Gasteiger partial charge >= 0.3 is 0 Å². The van der Waals surface area contributed by atoms with Crippen molar-refractivity contribution in [1.29, 1.82) is 0 Å². The standard InChI is InChI=1S/C17H18FNO2/c1-20-15-7-2-3-8-16(15)21-17-12(5-4-6-14(17)18)11-19-13-9-10-13/h2-8,13,19H,9-11H2,1H3. The maximum Gasteiger partial charge on any atom is 0.169 e. The highest BCUT2D eigenvalue weighted by atomic mass is 19.1. The average Bonchev–Trinajstić information content (AvgIpc) is 3.32. The van der Waals surface area contributed by atoms with Crippen molar-refractivity contribution in [2.75, 3.05) is 7.11 Å². The van der Waals surface area contributed by atoms with Gasteiger partial charge in [0.2, 0.25) is 0 Å². The second-order valence-electron chi connectivity index (χ2n) is 5.14. The molecule has 2 aromatic carbocycles. The summed E-state index contributed by atoms with van der Waals surface area (Å²) in [5.74, 6) is 0.991. The summed E-state index contributed by atoms with van der Waals surface area (Å²) < 4.78 is 25.1. The molecule has 1 N–H and O–H groups in total. The summed E-state index contributed by atoms with van der Waals surface area (Å²) in [6.07, 6.45) is 2.38. The van der Waals surface area contributed by atoms with Crippen LogP contribution in [-0.2, 0) is 6.54 Å². The lowest BCUT2D eigenvalue weighted by atomic mass is 10.2. The molecule has 0 aromatic heterocycles. The van der Waals surface area contributed by atoms with Gasteiger partial charge in [0.25, 0.3) is 0 Å². The van der Waals surface area contributed by atoms with Gasteiger partial charge in [-0.1, -0.05) is 24.3 Å². The smallest absolute Gasteiger partial charge is 0.169 e. The Balaban J connectivity index is 1.85. The molecule has 4 heteroatoms. The molecule has 0 bridgehead atoms. The van der Waals surface area contributed by atoms with E-state index in [0.717, 1.165) is 5.56 Å². The van der Waals surface area contributed by atoms with Crippen LogP contribution in [0.25, 0.3) is 0 Å². The van der Waals surface area contributed by atoms with Crippen molar-refractivity contribution in [2.45, 2.75) is 25.4 Å². The first kappa shape index (κ1) is 13.9. The quantitative estimate of drug-likeness (QED) is 0.874. The molecular formula is C17H18FNO2. The molecule has 1 saturated carbocycles. The lowest BCUT2D eigenvalue weighted by Crippen LogP contribution is -2.16. The Morgan fingerprint density at radius 1 is 1.10 bits per heavy atom.